The van der Waals surface area contributed by atoms with Gasteiger partial charge in [-0.25, -0.2) is 0 Å². The maximum atomic E-state index is 10.6. The number of nitrogens with two attached hydrogens (primary N) is 1. The first-order valence-corrected chi connectivity index (χ1v) is 5.85. The van der Waals surface area contributed by atoms with E-state index in [2.05, 4.69) is 11.8 Å². The number of hydrogen-bond donors (Lipinski definition) is 1. The van der Waals surface area contributed by atoms with Crippen LogP contribution in [0.2, 0.25) is 0 Å². The molecule has 92 valence electrons. The zero-order valence-electron chi connectivity index (χ0n) is 9.93. The number of benzene rings is 1. The quantitative estimate of drug-likeness (QED) is 0.495. The largest absolute Gasteiger partial charge is 0.393 e. The molecule has 1 saturated heterocycles. The van der Waals surface area contributed by atoms with Crippen molar-refractivity contribution in [3.05, 3.63) is 33.9 Å². The van der Waals surface area contributed by atoms with Gasteiger partial charge in [-0.15, -0.1) is 0 Å². The van der Waals surface area contributed by atoms with Crippen molar-refractivity contribution in [2.75, 3.05) is 12.3 Å². The number of hydrogen-bond acceptors (Lipinski definition) is 4. The topological polar surface area (TPSA) is 72.4 Å². The summed E-state index contributed by atoms with van der Waals surface area (Å²) in [4.78, 5) is 12.6. The van der Waals surface area contributed by atoms with Gasteiger partial charge in [0.25, 0.3) is 5.69 Å². The molecule has 5 nitrogen and oxygen atoms in total. The fourth-order valence-corrected chi connectivity index (χ4v) is 2.33. The van der Waals surface area contributed by atoms with Gasteiger partial charge >= 0.3 is 0 Å². The Morgan fingerprint density at radius 2 is 2.35 bits per heavy atom. The first-order chi connectivity index (χ1) is 8.08. The number of nitrogens with zero attached hydrogens (tertiary/aromatic N) is 2. The third kappa shape index (κ3) is 2.55. The molecule has 1 aromatic carbocycles. The van der Waals surface area contributed by atoms with Gasteiger partial charge in [0.1, 0.15) is 5.69 Å². The van der Waals surface area contributed by atoms with Crippen LogP contribution < -0.4 is 5.73 Å². The molecular formula is C12H17N3O2. The summed E-state index contributed by atoms with van der Waals surface area (Å²) in [5, 5.41) is 10.6. The summed E-state index contributed by atoms with van der Waals surface area (Å²) < 4.78 is 0. The highest BCUT2D eigenvalue weighted by Crippen LogP contribution is 2.25. The van der Waals surface area contributed by atoms with Crippen LogP contribution in [0.5, 0.6) is 0 Å². The van der Waals surface area contributed by atoms with Gasteiger partial charge in [-0.05, 0) is 37.9 Å². The zero-order chi connectivity index (χ0) is 12.4. The molecule has 0 saturated carbocycles. The lowest BCUT2D eigenvalue weighted by Gasteiger charge is -2.20. The van der Waals surface area contributed by atoms with Gasteiger partial charge in [-0.2, -0.15) is 0 Å². The Morgan fingerprint density at radius 1 is 1.59 bits per heavy atom. The average Bonchev–Trinajstić information content (AvgIpc) is 2.64. The molecule has 0 amide bonds. The fraction of sp³-hybridized carbons (Fsp3) is 0.500. The van der Waals surface area contributed by atoms with Crippen LogP contribution in [0.1, 0.15) is 25.3 Å². The van der Waals surface area contributed by atoms with Crippen LogP contribution in [0.15, 0.2) is 18.2 Å². The second kappa shape index (κ2) is 4.71. The molecule has 0 bridgehead atoms. The normalized spacial score (nSPS) is 20.6. The summed E-state index contributed by atoms with van der Waals surface area (Å²) in [5.74, 6) is 0. The number of likely N-dealkylation sites (tertiary alicyclic amines) is 1. The molecule has 1 heterocycles. The molecule has 17 heavy (non-hydrogen) atoms. The van der Waals surface area contributed by atoms with Crippen molar-refractivity contribution in [2.24, 2.45) is 0 Å². The van der Waals surface area contributed by atoms with Crippen LogP contribution in [-0.2, 0) is 6.54 Å². The molecule has 1 unspecified atom stereocenters. The SMILES string of the molecule is CC1CCCN1Cc1ccc([N+](=O)[O-])c(N)c1. The number of nitro groups is 1. The molecule has 1 aromatic rings. The first kappa shape index (κ1) is 11.9. The van der Waals surface area contributed by atoms with Gasteiger partial charge in [0.15, 0.2) is 0 Å². The summed E-state index contributed by atoms with van der Waals surface area (Å²) in [6.07, 6.45) is 2.45. The van der Waals surface area contributed by atoms with Crippen molar-refractivity contribution in [2.45, 2.75) is 32.4 Å². The van der Waals surface area contributed by atoms with Gasteiger partial charge in [0, 0.05) is 18.7 Å². The van der Waals surface area contributed by atoms with Crippen molar-refractivity contribution < 1.29 is 4.92 Å². The average molecular weight is 235 g/mol. The summed E-state index contributed by atoms with van der Waals surface area (Å²) in [7, 11) is 0. The maximum Gasteiger partial charge on any atom is 0.292 e. The van der Waals surface area contributed by atoms with Crippen LogP contribution in [-0.4, -0.2) is 22.4 Å². The fourth-order valence-electron chi connectivity index (χ4n) is 2.33. The standard InChI is InChI=1S/C12H17N3O2/c1-9-3-2-6-14(9)8-10-4-5-12(15(16)17)11(13)7-10/h4-5,7,9H,2-3,6,8,13H2,1H3. The Morgan fingerprint density at radius 3 is 2.88 bits per heavy atom. The zero-order valence-corrected chi connectivity index (χ0v) is 9.93. The molecule has 2 rings (SSSR count). The third-order valence-electron chi connectivity index (χ3n) is 3.36. The van der Waals surface area contributed by atoms with Crippen molar-refractivity contribution in [3.8, 4) is 0 Å². The van der Waals surface area contributed by atoms with E-state index in [1.807, 2.05) is 0 Å². The van der Waals surface area contributed by atoms with Crippen molar-refractivity contribution >= 4 is 11.4 Å². The van der Waals surface area contributed by atoms with Crippen molar-refractivity contribution in [1.29, 1.82) is 0 Å². The highest BCUT2D eigenvalue weighted by Gasteiger charge is 2.20. The van der Waals surface area contributed by atoms with E-state index in [0.717, 1.165) is 18.7 Å². The predicted molar refractivity (Wildman–Crippen MR) is 66.6 cm³/mol. The smallest absolute Gasteiger partial charge is 0.292 e. The third-order valence-corrected chi connectivity index (χ3v) is 3.36. The van der Waals surface area contributed by atoms with Crippen LogP contribution in [0.25, 0.3) is 0 Å². The van der Waals surface area contributed by atoms with Gasteiger partial charge < -0.3 is 5.73 Å². The van der Waals surface area contributed by atoms with Crippen LogP contribution >= 0.6 is 0 Å². The highest BCUT2D eigenvalue weighted by atomic mass is 16.6. The number of anilines is 1. The predicted octanol–water partition coefficient (Wildman–Crippen LogP) is 2.16. The minimum Gasteiger partial charge on any atom is -0.393 e. The molecule has 2 N–H and O–H groups in total. The molecule has 0 aromatic heterocycles. The minimum atomic E-state index is -0.447. The lowest BCUT2D eigenvalue weighted by molar-refractivity contribution is -0.383. The van der Waals surface area contributed by atoms with Crippen molar-refractivity contribution in [3.63, 3.8) is 0 Å². The van der Waals surface area contributed by atoms with E-state index in [4.69, 9.17) is 5.73 Å². The lowest BCUT2D eigenvalue weighted by atomic mass is 10.1. The lowest BCUT2D eigenvalue weighted by Crippen LogP contribution is -2.26. The highest BCUT2D eigenvalue weighted by molar-refractivity contribution is 5.59. The molecular weight excluding hydrogens is 218 g/mol. The van der Waals surface area contributed by atoms with Crippen LogP contribution in [0, 0.1) is 10.1 Å². The number of nitro benzene ring substituents is 1. The molecule has 0 aliphatic carbocycles. The molecule has 1 aliphatic rings. The van der Waals surface area contributed by atoms with E-state index in [1.165, 1.54) is 18.9 Å². The Kier molecular flexibility index (Phi) is 3.28. The Bertz CT molecular complexity index is 434. The molecule has 0 spiro atoms. The summed E-state index contributed by atoms with van der Waals surface area (Å²) in [6, 6.07) is 5.58. The van der Waals surface area contributed by atoms with Crippen LogP contribution in [0.3, 0.4) is 0 Å². The molecule has 1 aliphatic heterocycles. The minimum absolute atomic E-state index is 0.0109. The van der Waals surface area contributed by atoms with E-state index in [1.54, 1.807) is 12.1 Å². The van der Waals surface area contributed by atoms with E-state index in [0.29, 0.717) is 6.04 Å². The number of rotatable bonds is 3. The second-order valence-electron chi connectivity index (χ2n) is 4.61. The first-order valence-electron chi connectivity index (χ1n) is 5.85. The molecule has 0 radical (unpaired) electrons. The van der Waals surface area contributed by atoms with Crippen LogP contribution in [0.4, 0.5) is 11.4 Å². The monoisotopic (exact) mass is 235 g/mol. The molecule has 1 atom stereocenters. The summed E-state index contributed by atoms with van der Waals surface area (Å²) in [6.45, 7) is 4.13. The van der Waals surface area contributed by atoms with Crippen molar-refractivity contribution in [1.82, 2.24) is 4.90 Å². The summed E-state index contributed by atoms with van der Waals surface area (Å²) in [5.41, 5.74) is 6.95. The van der Waals surface area contributed by atoms with Gasteiger partial charge in [0.05, 0.1) is 4.92 Å². The van der Waals surface area contributed by atoms with E-state index >= 15 is 0 Å². The molecule has 1 fully saturated rings. The van der Waals surface area contributed by atoms with E-state index in [-0.39, 0.29) is 11.4 Å². The Balaban J connectivity index is 2.12. The second-order valence-corrected chi connectivity index (χ2v) is 4.61. The van der Waals surface area contributed by atoms with E-state index in [9.17, 15) is 10.1 Å². The Hall–Kier alpha value is -1.62. The van der Waals surface area contributed by atoms with Gasteiger partial charge in [-0.3, -0.25) is 15.0 Å². The van der Waals surface area contributed by atoms with Gasteiger partial charge in [0.2, 0.25) is 0 Å². The molecule has 5 heteroatoms. The summed E-state index contributed by atoms with van der Waals surface area (Å²) >= 11 is 0. The Labute approximate surface area is 100 Å². The van der Waals surface area contributed by atoms with Gasteiger partial charge in [-0.1, -0.05) is 6.07 Å². The maximum absolute atomic E-state index is 10.6. The number of nitrogen functional groups attached to an aromatic ring is 1. The van der Waals surface area contributed by atoms with E-state index < -0.39 is 4.92 Å².